The number of likely N-dealkylation sites (N-methyl/N-ethyl adjacent to an activating group) is 1. The Morgan fingerprint density at radius 3 is 2.22 bits per heavy atom. The van der Waals surface area contributed by atoms with E-state index in [2.05, 4.69) is 39.3 Å². The van der Waals surface area contributed by atoms with Crippen LogP contribution in [0.3, 0.4) is 0 Å². The number of amides is 1. The fraction of sp³-hybridized carbons (Fsp3) is 0.294. The number of piperazine rings is 1. The monoisotopic (exact) mass is 332 g/mol. The van der Waals surface area contributed by atoms with Crippen LogP contribution in [0.25, 0.3) is 0 Å². The average Bonchev–Trinajstić information content (AvgIpc) is 2.57. The van der Waals surface area contributed by atoms with Gasteiger partial charge in [0.1, 0.15) is 0 Å². The third-order valence-corrected chi connectivity index (χ3v) is 3.94. The summed E-state index contributed by atoms with van der Waals surface area (Å²) in [5.41, 5.74) is 2.62. The number of hydrogen-bond donors (Lipinski definition) is 1. The molecule has 0 bridgehead atoms. The lowest BCUT2D eigenvalue weighted by Crippen LogP contribution is -2.44. The van der Waals surface area contributed by atoms with Gasteiger partial charge in [-0.3, -0.25) is 9.78 Å². The molecule has 23 heavy (non-hydrogen) atoms. The Bertz CT molecular complexity index is 625. The van der Waals surface area contributed by atoms with Crippen molar-refractivity contribution in [3.8, 4) is 0 Å². The van der Waals surface area contributed by atoms with Gasteiger partial charge in [-0.2, -0.15) is 0 Å². The third-order valence-electron chi connectivity index (χ3n) is 3.94. The molecule has 2 heterocycles. The number of rotatable bonds is 3. The molecule has 1 aliphatic rings. The first-order chi connectivity index (χ1) is 10.7. The SMILES string of the molecule is CN1CCN(c2ccc(NC(=O)c3ccncc3)cc2)CC1.Cl. The molecule has 0 spiro atoms. The molecule has 122 valence electrons. The van der Waals surface area contributed by atoms with Crippen molar-refractivity contribution in [3.05, 3.63) is 54.4 Å². The van der Waals surface area contributed by atoms with E-state index in [9.17, 15) is 4.79 Å². The summed E-state index contributed by atoms with van der Waals surface area (Å²) in [6.45, 7) is 4.25. The van der Waals surface area contributed by atoms with Gasteiger partial charge in [0.15, 0.2) is 0 Å². The van der Waals surface area contributed by atoms with E-state index in [1.807, 2.05) is 12.1 Å². The molecule has 1 N–H and O–H groups in total. The van der Waals surface area contributed by atoms with Gasteiger partial charge in [0.2, 0.25) is 0 Å². The topological polar surface area (TPSA) is 48.5 Å². The first-order valence-electron chi connectivity index (χ1n) is 7.47. The molecule has 6 heteroatoms. The van der Waals surface area contributed by atoms with E-state index in [1.165, 1.54) is 5.69 Å². The van der Waals surface area contributed by atoms with Crippen molar-refractivity contribution in [3.63, 3.8) is 0 Å². The standard InChI is InChI=1S/C17H20N4O.ClH/c1-20-10-12-21(13-11-20)16-4-2-15(3-5-16)19-17(22)14-6-8-18-9-7-14;/h2-9H,10-13H2,1H3,(H,19,22);1H. The normalized spacial score (nSPS) is 14.9. The van der Waals surface area contributed by atoms with Crippen LogP contribution >= 0.6 is 12.4 Å². The molecule has 5 nitrogen and oxygen atoms in total. The fourth-order valence-electron chi connectivity index (χ4n) is 2.53. The fourth-order valence-corrected chi connectivity index (χ4v) is 2.53. The van der Waals surface area contributed by atoms with E-state index in [1.54, 1.807) is 24.5 Å². The lowest BCUT2D eigenvalue weighted by atomic mass is 10.2. The Kier molecular flexibility index (Phi) is 5.96. The predicted molar refractivity (Wildman–Crippen MR) is 95.6 cm³/mol. The van der Waals surface area contributed by atoms with Crippen molar-refractivity contribution in [2.24, 2.45) is 0 Å². The van der Waals surface area contributed by atoms with E-state index in [0.29, 0.717) is 5.56 Å². The van der Waals surface area contributed by atoms with Gasteiger partial charge in [0.25, 0.3) is 5.91 Å². The van der Waals surface area contributed by atoms with Gasteiger partial charge in [-0.1, -0.05) is 0 Å². The van der Waals surface area contributed by atoms with E-state index >= 15 is 0 Å². The highest BCUT2D eigenvalue weighted by molar-refractivity contribution is 6.04. The summed E-state index contributed by atoms with van der Waals surface area (Å²) >= 11 is 0. The minimum atomic E-state index is -0.116. The van der Waals surface area contributed by atoms with Crippen LogP contribution in [0.2, 0.25) is 0 Å². The summed E-state index contributed by atoms with van der Waals surface area (Å²) in [5.74, 6) is -0.116. The van der Waals surface area contributed by atoms with E-state index in [4.69, 9.17) is 0 Å². The quantitative estimate of drug-likeness (QED) is 0.938. The summed E-state index contributed by atoms with van der Waals surface area (Å²) in [6.07, 6.45) is 3.23. The number of halogens is 1. The van der Waals surface area contributed by atoms with Crippen LogP contribution in [0.5, 0.6) is 0 Å². The molecule has 0 aliphatic carbocycles. The molecule has 0 atom stereocenters. The summed E-state index contributed by atoms with van der Waals surface area (Å²) in [4.78, 5) is 20.7. The van der Waals surface area contributed by atoms with Crippen LogP contribution in [0.1, 0.15) is 10.4 Å². The molecular formula is C17H21ClN4O. The number of pyridine rings is 1. The molecule has 1 fully saturated rings. The van der Waals surface area contributed by atoms with Crippen molar-refractivity contribution >= 4 is 29.7 Å². The summed E-state index contributed by atoms with van der Waals surface area (Å²) < 4.78 is 0. The van der Waals surface area contributed by atoms with Crippen LogP contribution < -0.4 is 10.2 Å². The third kappa shape index (κ3) is 4.43. The molecule has 1 aromatic carbocycles. The second-order valence-electron chi connectivity index (χ2n) is 5.53. The molecule has 3 rings (SSSR count). The summed E-state index contributed by atoms with van der Waals surface area (Å²) in [5, 5.41) is 2.90. The minimum absolute atomic E-state index is 0. The Balaban J connectivity index is 0.00000192. The molecule has 0 unspecified atom stereocenters. The molecule has 1 aliphatic heterocycles. The first-order valence-corrected chi connectivity index (χ1v) is 7.47. The van der Waals surface area contributed by atoms with Gasteiger partial charge in [0.05, 0.1) is 0 Å². The van der Waals surface area contributed by atoms with Crippen LogP contribution in [0, 0.1) is 0 Å². The largest absolute Gasteiger partial charge is 0.369 e. The summed E-state index contributed by atoms with van der Waals surface area (Å²) in [7, 11) is 2.15. The van der Waals surface area contributed by atoms with E-state index < -0.39 is 0 Å². The maximum absolute atomic E-state index is 12.1. The number of nitrogens with one attached hydrogen (secondary N) is 1. The molecule has 1 aromatic heterocycles. The predicted octanol–water partition coefficient (Wildman–Crippen LogP) is 2.51. The van der Waals surface area contributed by atoms with Crippen LogP contribution in [-0.4, -0.2) is 49.0 Å². The van der Waals surface area contributed by atoms with Crippen molar-refractivity contribution in [2.45, 2.75) is 0 Å². The Morgan fingerprint density at radius 1 is 1.00 bits per heavy atom. The average molecular weight is 333 g/mol. The number of hydrogen-bond acceptors (Lipinski definition) is 4. The van der Waals surface area contributed by atoms with Crippen LogP contribution in [0.4, 0.5) is 11.4 Å². The van der Waals surface area contributed by atoms with Gasteiger partial charge >= 0.3 is 0 Å². The molecule has 2 aromatic rings. The number of anilines is 2. The lowest BCUT2D eigenvalue weighted by molar-refractivity contribution is 0.102. The maximum atomic E-state index is 12.1. The minimum Gasteiger partial charge on any atom is -0.369 e. The van der Waals surface area contributed by atoms with Crippen LogP contribution in [-0.2, 0) is 0 Å². The molecule has 1 saturated heterocycles. The highest BCUT2D eigenvalue weighted by atomic mass is 35.5. The lowest BCUT2D eigenvalue weighted by Gasteiger charge is -2.34. The van der Waals surface area contributed by atoms with Gasteiger partial charge in [0, 0.05) is 55.5 Å². The van der Waals surface area contributed by atoms with Gasteiger partial charge in [-0.25, -0.2) is 0 Å². The van der Waals surface area contributed by atoms with Gasteiger partial charge < -0.3 is 15.1 Å². The van der Waals surface area contributed by atoms with Crippen LogP contribution in [0.15, 0.2) is 48.8 Å². The van der Waals surface area contributed by atoms with Crippen molar-refractivity contribution in [1.29, 1.82) is 0 Å². The van der Waals surface area contributed by atoms with E-state index in [0.717, 1.165) is 31.9 Å². The van der Waals surface area contributed by atoms with Crippen molar-refractivity contribution < 1.29 is 4.79 Å². The van der Waals surface area contributed by atoms with E-state index in [-0.39, 0.29) is 18.3 Å². The maximum Gasteiger partial charge on any atom is 0.255 e. The second kappa shape index (κ2) is 7.94. The van der Waals surface area contributed by atoms with Gasteiger partial charge in [-0.15, -0.1) is 12.4 Å². The highest BCUT2D eigenvalue weighted by Crippen LogP contribution is 2.19. The number of carbonyl (C=O) groups is 1. The molecule has 0 saturated carbocycles. The number of benzene rings is 1. The van der Waals surface area contributed by atoms with Crippen molar-refractivity contribution in [1.82, 2.24) is 9.88 Å². The number of aromatic nitrogens is 1. The zero-order valence-electron chi connectivity index (χ0n) is 13.1. The highest BCUT2D eigenvalue weighted by Gasteiger charge is 2.14. The second-order valence-corrected chi connectivity index (χ2v) is 5.53. The number of carbonyl (C=O) groups excluding carboxylic acids is 1. The van der Waals surface area contributed by atoms with Gasteiger partial charge in [-0.05, 0) is 43.4 Å². The smallest absolute Gasteiger partial charge is 0.255 e. The Hall–Kier alpha value is -2.11. The number of nitrogens with zero attached hydrogens (tertiary/aromatic N) is 3. The molecule has 0 radical (unpaired) electrons. The Morgan fingerprint density at radius 2 is 1.61 bits per heavy atom. The molecule has 1 amide bonds. The van der Waals surface area contributed by atoms with Crippen molar-refractivity contribution in [2.75, 3.05) is 43.4 Å². The first kappa shape index (κ1) is 17.2. The molecular weight excluding hydrogens is 312 g/mol. The zero-order chi connectivity index (χ0) is 15.4. The summed E-state index contributed by atoms with van der Waals surface area (Å²) in [6, 6.07) is 11.4. The Labute approximate surface area is 142 Å². The zero-order valence-corrected chi connectivity index (χ0v) is 13.9.